The van der Waals surface area contributed by atoms with Crippen molar-refractivity contribution in [2.75, 3.05) is 11.9 Å². The second kappa shape index (κ2) is 9.56. The number of pyridine rings is 1. The number of nitrogens with one attached hydrogen (secondary N) is 1. The number of amides is 1. The van der Waals surface area contributed by atoms with Gasteiger partial charge in [0, 0.05) is 18.2 Å². The number of hydrogen-bond acceptors (Lipinski definition) is 7. The van der Waals surface area contributed by atoms with Crippen LogP contribution >= 0.6 is 11.6 Å². The molecule has 8 nitrogen and oxygen atoms in total. The number of alkyl halides is 3. The number of aryl methyl sites for hydroxylation is 1. The molecule has 1 N–H and O–H groups in total. The molecule has 0 aliphatic heterocycles. The smallest absolute Gasteiger partial charge is 0.417 e. The monoisotopic (exact) mass is 454 g/mol. The number of rotatable bonds is 7. The van der Waals surface area contributed by atoms with Crippen molar-refractivity contribution in [3.63, 3.8) is 0 Å². The molecule has 0 saturated carbocycles. The molecular formula is C19H14ClF3N4O4. The van der Waals surface area contributed by atoms with Gasteiger partial charge in [-0.15, -0.1) is 0 Å². The second-order valence-corrected chi connectivity index (χ2v) is 6.55. The van der Waals surface area contributed by atoms with Crippen molar-refractivity contribution in [1.82, 2.24) is 15.1 Å². The van der Waals surface area contributed by atoms with Crippen molar-refractivity contribution >= 4 is 29.3 Å². The highest BCUT2D eigenvalue weighted by Crippen LogP contribution is 2.32. The highest BCUT2D eigenvalue weighted by atomic mass is 35.5. The highest BCUT2D eigenvalue weighted by molar-refractivity contribution is 6.33. The molecule has 31 heavy (non-hydrogen) atoms. The van der Waals surface area contributed by atoms with Crippen LogP contribution in [-0.2, 0) is 26.9 Å². The van der Waals surface area contributed by atoms with Gasteiger partial charge in [0.05, 0.1) is 17.0 Å². The van der Waals surface area contributed by atoms with E-state index in [2.05, 4.69) is 20.4 Å². The fourth-order valence-electron chi connectivity index (χ4n) is 2.34. The van der Waals surface area contributed by atoms with E-state index >= 15 is 0 Å². The summed E-state index contributed by atoms with van der Waals surface area (Å²) in [7, 11) is 0. The molecule has 162 valence electrons. The van der Waals surface area contributed by atoms with Crippen molar-refractivity contribution in [1.29, 1.82) is 0 Å². The van der Waals surface area contributed by atoms with Crippen molar-refractivity contribution < 1.29 is 32.0 Å². The van der Waals surface area contributed by atoms with E-state index in [0.29, 0.717) is 18.1 Å². The van der Waals surface area contributed by atoms with Crippen molar-refractivity contribution in [3.05, 3.63) is 59.1 Å². The molecule has 2 aromatic heterocycles. The number of aromatic nitrogens is 3. The van der Waals surface area contributed by atoms with E-state index in [9.17, 15) is 22.8 Å². The third kappa shape index (κ3) is 6.25. The highest BCUT2D eigenvalue weighted by Gasteiger charge is 2.31. The first-order chi connectivity index (χ1) is 14.7. The molecule has 1 aromatic carbocycles. The zero-order chi connectivity index (χ0) is 22.4. The van der Waals surface area contributed by atoms with E-state index in [-0.39, 0.29) is 24.6 Å². The molecule has 0 radical (unpaired) electrons. The van der Waals surface area contributed by atoms with Crippen LogP contribution in [0.1, 0.15) is 17.9 Å². The summed E-state index contributed by atoms with van der Waals surface area (Å²) in [6.07, 6.45) is -4.11. The Hall–Kier alpha value is -3.47. The van der Waals surface area contributed by atoms with Crippen LogP contribution in [0.5, 0.6) is 0 Å². The summed E-state index contributed by atoms with van der Waals surface area (Å²) >= 11 is 5.70. The number of ether oxygens (including phenoxy) is 1. The van der Waals surface area contributed by atoms with Crippen LogP contribution in [0.15, 0.2) is 47.1 Å². The van der Waals surface area contributed by atoms with E-state index in [1.807, 2.05) is 18.2 Å². The first-order valence-corrected chi connectivity index (χ1v) is 9.16. The average Bonchev–Trinajstić information content (AvgIpc) is 3.21. The zero-order valence-corrected chi connectivity index (χ0v) is 16.4. The van der Waals surface area contributed by atoms with Gasteiger partial charge in [-0.05, 0) is 6.07 Å². The van der Waals surface area contributed by atoms with Gasteiger partial charge in [0.15, 0.2) is 12.4 Å². The maximum absolute atomic E-state index is 12.6. The molecule has 0 saturated heterocycles. The van der Waals surface area contributed by atoms with Crippen LogP contribution in [0.2, 0.25) is 5.02 Å². The Morgan fingerprint density at radius 1 is 1.19 bits per heavy atom. The lowest BCUT2D eigenvalue weighted by Crippen LogP contribution is -2.22. The van der Waals surface area contributed by atoms with Gasteiger partial charge < -0.3 is 14.6 Å². The summed E-state index contributed by atoms with van der Waals surface area (Å²) in [6.45, 7) is -0.670. The Labute approximate surface area is 178 Å². The van der Waals surface area contributed by atoms with E-state index < -0.39 is 35.2 Å². The molecule has 3 aromatic rings. The minimum Gasteiger partial charge on any atom is -0.456 e. The largest absolute Gasteiger partial charge is 0.456 e. The SMILES string of the molecule is O=C(COC(=O)CCc1nc(-c2ccccc2)no1)Nc1ncc(C(F)(F)F)cc1Cl. The third-order valence-electron chi connectivity index (χ3n) is 3.83. The Morgan fingerprint density at radius 3 is 2.61 bits per heavy atom. The summed E-state index contributed by atoms with van der Waals surface area (Å²) in [5.74, 6) is -1.20. The summed E-state index contributed by atoms with van der Waals surface area (Å²) < 4.78 is 47.7. The van der Waals surface area contributed by atoms with Gasteiger partial charge in [-0.1, -0.05) is 47.1 Å². The lowest BCUT2D eigenvalue weighted by molar-refractivity contribution is -0.147. The van der Waals surface area contributed by atoms with Gasteiger partial charge in [-0.3, -0.25) is 9.59 Å². The lowest BCUT2D eigenvalue weighted by atomic mass is 10.2. The average molecular weight is 455 g/mol. The van der Waals surface area contributed by atoms with Crippen LogP contribution in [0.3, 0.4) is 0 Å². The van der Waals surface area contributed by atoms with Crippen LogP contribution < -0.4 is 5.32 Å². The first kappa shape index (κ1) is 22.2. The third-order valence-corrected chi connectivity index (χ3v) is 4.12. The van der Waals surface area contributed by atoms with Gasteiger partial charge in [0.2, 0.25) is 11.7 Å². The molecule has 0 aliphatic rings. The Kier molecular flexibility index (Phi) is 6.85. The van der Waals surface area contributed by atoms with Crippen LogP contribution in [0.25, 0.3) is 11.4 Å². The Balaban J connectivity index is 1.45. The minimum atomic E-state index is -4.62. The van der Waals surface area contributed by atoms with E-state index in [1.54, 1.807) is 12.1 Å². The van der Waals surface area contributed by atoms with Gasteiger partial charge in [-0.2, -0.15) is 18.2 Å². The Morgan fingerprint density at radius 2 is 1.94 bits per heavy atom. The normalized spacial score (nSPS) is 11.2. The predicted molar refractivity (Wildman–Crippen MR) is 102 cm³/mol. The molecule has 0 aliphatic carbocycles. The molecule has 1 amide bonds. The Bertz CT molecular complexity index is 1070. The molecule has 2 heterocycles. The maximum atomic E-state index is 12.6. The van der Waals surface area contributed by atoms with Crippen LogP contribution in [0.4, 0.5) is 19.0 Å². The van der Waals surface area contributed by atoms with E-state index in [1.165, 1.54) is 0 Å². The zero-order valence-electron chi connectivity index (χ0n) is 15.6. The molecule has 0 spiro atoms. The molecule has 0 bridgehead atoms. The summed E-state index contributed by atoms with van der Waals surface area (Å²) in [4.78, 5) is 31.3. The van der Waals surface area contributed by atoms with Crippen molar-refractivity contribution in [2.45, 2.75) is 19.0 Å². The quantitative estimate of drug-likeness (QED) is 0.539. The van der Waals surface area contributed by atoms with E-state index in [4.69, 9.17) is 20.9 Å². The minimum absolute atomic E-state index is 0.104. The molecule has 3 rings (SSSR count). The molecule has 0 unspecified atom stereocenters. The molecular weight excluding hydrogens is 441 g/mol. The van der Waals surface area contributed by atoms with Gasteiger partial charge in [-0.25, -0.2) is 4.98 Å². The van der Waals surface area contributed by atoms with Gasteiger partial charge in [0.1, 0.15) is 0 Å². The van der Waals surface area contributed by atoms with Crippen molar-refractivity contribution in [2.24, 2.45) is 0 Å². The van der Waals surface area contributed by atoms with Gasteiger partial charge in [0.25, 0.3) is 5.91 Å². The summed E-state index contributed by atoms with van der Waals surface area (Å²) in [6, 6.07) is 9.73. The summed E-state index contributed by atoms with van der Waals surface area (Å²) in [5.41, 5.74) is -0.300. The number of halogens is 4. The standard InChI is InChI=1S/C19H14ClF3N4O4/c20-13-8-12(19(21,22)23)9-24-18(13)25-14(28)10-30-16(29)7-6-15-26-17(27-31-15)11-4-2-1-3-5-11/h1-5,8-9H,6-7,10H2,(H,24,25,28). The lowest BCUT2D eigenvalue weighted by Gasteiger charge is -2.10. The topological polar surface area (TPSA) is 107 Å². The van der Waals surface area contributed by atoms with Crippen LogP contribution in [0, 0.1) is 0 Å². The number of esters is 1. The maximum Gasteiger partial charge on any atom is 0.417 e. The number of anilines is 1. The molecule has 0 atom stereocenters. The second-order valence-electron chi connectivity index (χ2n) is 6.14. The number of nitrogens with zero attached hydrogens (tertiary/aromatic N) is 3. The molecule has 0 fully saturated rings. The first-order valence-electron chi connectivity index (χ1n) is 8.78. The van der Waals surface area contributed by atoms with Gasteiger partial charge >= 0.3 is 12.1 Å². The van der Waals surface area contributed by atoms with Crippen molar-refractivity contribution in [3.8, 4) is 11.4 Å². The number of carbonyl (C=O) groups excluding carboxylic acids is 2. The van der Waals surface area contributed by atoms with E-state index in [0.717, 1.165) is 5.56 Å². The predicted octanol–water partition coefficient (Wildman–Crippen LogP) is 3.92. The summed E-state index contributed by atoms with van der Waals surface area (Å²) in [5, 5.41) is 5.59. The number of carbonyl (C=O) groups is 2. The number of hydrogen-bond donors (Lipinski definition) is 1. The molecule has 12 heteroatoms. The fraction of sp³-hybridized carbons (Fsp3) is 0.211. The fourth-order valence-corrected chi connectivity index (χ4v) is 2.55. The number of benzene rings is 1. The van der Waals surface area contributed by atoms with Crippen LogP contribution in [-0.4, -0.2) is 33.6 Å².